The molecule has 0 aromatic rings. The van der Waals surface area contributed by atoms with Crippen molar-refractivity contribution >= 4 is 21.9 Å². The van der Waals surface area contributed by atoms with Gasteiger partial charge in [0.15, 0.2) is 5.79 Å². The lowest BCUT2D eigenvalue weighted by Crippen LogP contribution is -2.94. The molecule has 7 aliphatic rings. The minimum Gasteiger partial charge on any atom is -0.481 e. The Morgan fingerprint density at radius 3 is 2.12 bits per heavy atom. The first kappa shape index (κ1) is 8.88. The molecule has 17 heavy (non-hydrogen) atoms. The van der Waals surface area contributed by atoms with Gasteiger partial charge >= 0.3 is 5.97 Å². The Balaban J connectivity index is 1.59. The second-order valence-corrected chi connectivity index (χ2v) is 7.84. The predicted molar refractivity (Wildman–Crippen MR) is 57.3 cm³/mol. The number of rotatable bonds is 1. The van der Waals surface area contributed by atoms with Crippen LogP contribution in [-0.4, -0.2) is 34.4 Å². The molecule has 0 aromatic carbocycles. The third-order valence-corrected chi connectivity index (χ3v) is 8.62. The smallest absolute Gasteiger partial charge is 0.310 e. The first-order valence-corrected chi connectivity index (χ1v) is 7.13. The van der Waals surface area contributed by atoms with E-state index in [-0.39, 0.29) is 9.74 Å². The van der Waals surface area contributed by atoms with Crippen LogP contribution in [0.2, 0.25) is 0 Å². The van der Waals surface area contributed by atoms with Gasteiger partial charge < -0.3 is 14.6 Å². The van der Waals surface area contributed by atoms with Crippen LogP contribution in [-0.2, 0) is 14.3 Å². The van der Waals surface area contributed by atoms with Crippen LogP contribution in [0.15, 0.2) is 0 Å². The molecule has 1 N–H and O–H groups in total. The van der Waals surface area contributed by atoms with Gasteiger partial charge in [-0.05, 0) is 29.6 Å². The summed E-state index contributed by atoms with van der Waals surface area (Å²) in [5.41, 5.74) is -0.365. The van der Waals surface area contributed by atoms with Gasteiger partial charge in [-0.1, -0.05) is 15.9 Å². The molecule has 6 aliphatic carbocycles. The van der Waals surface area contributed by atoms with E-state index in [4.69, 9.17) is 9.47 Å². The molecule has 7 rings (SSSR count). The molecule has 0 amide bonds. The Hall–Kier alpha value is -0.130. The van der Waals surface area contributed by atoms with E-state index < -0.39 is 11.8 Å². The summed E-state index contributed by atoms with van der Waals surface area (Å²) >= 11 is 3.90. The number of ether oxygens (including phenoxy) is 2. The number of carbonyl (C=O) groups is 1. The van der Waals surface area contributed by atoms with Crippen molar-refractivity contribution in [2.75, 3.05) is 13.2 Å². The van der Waals surface area contributed by atoms with Crippen molar-refractivity contribution < 1.29 is 19.4 Å². The topological polar surface area (TPSA) is 55.8 Å². The highest BCUT2D eigenvalue weighted by Crippen LogP contribution is 3.04. The first-order valence-electron chi connectivity index (χ1n) is 6.33. The van der Waals surface area contributed by atoms with E-state index in [1.54, 1.807) is 0 Å². The molecule has 1 heterocycles. The molecular weight excluding hydrogens is 288 g/mol. The fourth-order valence-corrected chi connectivity index (χ4v) is 8.68. The van der Waals surface area contributed by atoms with Gasteiger partial charge in [-0.3, -0.25) is 4.79 Å². The van der Waals surface area contributed by atoms with E-state index in [0.29, 0.717) is 48.7 Å². The molecular formula is C12H11BrO4. The molecule has 4 nitrogen and oxygen atoms in total. The van der Waals surface area contributed by atoms with E-state index in [1.165, 1.54) is 0 Å². The highest BCUT2D eigenvalue weighted by molar-refractivity contribution is 9.10. The molecule has 5 heteroatoms. The lowest BCUT2D eigenvalue weighted by molar-refractivity contribution is -0.421. The van der Waals surface area contributed by atoms with Gasteiger partial charge in [0.25, 0.3) is 0 Å². The van der Waals surface area contributed by atoms with E-state index in [1.807, 2.05) is 0 Å². The number of carboxylic acid groups (broad SMARTS) is 1. The average Bonchev–Trinajstić information content (AvgIpc) is 2.78. The van der Waals surface area contributed by atoms with Gasteiger partial charge in [0.1, 0.15) is 0 Å². The molecule has 7 fully saturated rings. The number of halogens is 1. The molecule has 2 bridgehead atoms. The Bertz CT molecular complexity index is 491. The fraction of sp³-hybridized carbons (Fsp3) is 0.917. The van der Waals surface area contributed by atoms with E-state index in [2.05, 4.69) is 15.9 Å². The second kappa shape index (κ2) is 1.91. The monoisotopic (exact) mass is 298 g/mol. The van der Waals surface area contributed by atoms with Crippen LogP contribution in [0.25, 0.3) is 0 Å². The standard InChI is InChI=1S/C12H11BrO4/c13-11-6-3-7(11)5-8(12(11)16-1-2-17-12)4(6)10(3,5)9(14)15/h3-8H,1-2H2,(H,14,15)/t3?,4-,5-,6+,7+,8?,10?,11?/m0/s1. The van der Waals surface area contributed by atoms with Crippen molar-refractivity contribution in [2.24, 2.45) is 40.9 Å². The van der Waals surface area contributed by atoms with Crippen LogP contribution in [0.4, 0.5) is 0 Å². The summed E-state index contributed by atoms with van der Waals surface area (Å²) in [7, 11) is 0. The molecule has 0 radical (unpaired) electrons. The van der Waals surface area contributed by atoms with Crippen molar-refractivity contribution in [3.63, 3.8) is 0 Å². The minimum absolute atomic E-state index is 0.0433. The molecule has 1 aliphatic heterocycles. The van der Waals surface area contributed by atoms with Gasteiger partial charge in [-0.15, -0.1) is 0 Å². The predicted octanol–water partition coefficient (Wildman–Crippen LogP) is 0.699. The van der Waals surface area contributed by atoms with Gasteiger partial charge in [0.05, 0.1) is 23.0 Å². The van der Waals surface area contributed by atoms with Crippen LogP contribution in [0.3, 0.4) is 0 Å². The number of carboxylic acids is 1. The molecule has 90 valence electrons. The molecule has 0 unspecified atom stereocenters. The number of hydrogen-bond donors (Lipinski definition) is 1. The summed E-state index contributed by atoms with van der Waals surface area (Å²) in [6.45, 7) is 1.32. The Kier molecular flexibility index (Phi) is 0.998. The van der Waals surface area contributed by atoms with Crippen molar-refractivity contribution in [3.05, 3.63) is 0 Å². The summed E-state index contributed by atoms with van der Waals surface area (Å²) < 4.78 is 11.9. The Labute approximate surface area is 106 Å². The van der Waals surface area contributed by atoms with Gasteiger partial charge in [0, 0.05) is 5.92 Å². The summed E-state index contributed by atoms with van der Waals surface area (Å²) in [5.74, 6) is 1.36. The number of aliphatic carboxylic acids is 1. The zero-order valence-corrected chi connectivity index (χ0v) is 10.5. The first-order chi connectivity index (χ1) is 8.13. The van der Waals surface area contributed by atoms with Crippen LogP contribution in [0.1, 0.15) is 0 Å². The number of alkyl halides is 1. The third-order valence-electron chi connectivity index (χ3n) is 7.01. The molecule has 6 saturated carbocycles. The van der Waals surface area contributed by atoms with Crippen LogP contribution < -0.4 is 0 Å². The lowest BCUT2D eigenvalue weighted by atomic mass is 9.13. The van der Waals surface area contributed by atoms with Crippen LogP contribution in [0, 0.1) is 40.9 Å². The molecule has 1 spiro atoms. The van der Waals surface area contributed by atoms with Crippen LogP contribution in [0.5, 0.6) is 0 Å². The maximum Gasteiger partial charge on any atom is 0.310 e. The highest BCUT2D eigenvalue weighted by atomic mass is 79.9. The van der Waals surface area contributed by atoms with Gasteiger partial charge in [-0.2, -0.15) is 0 Å². The summed E-state index contributed by atoms with van der Waals surface area (Å²) in [6, 6.07) is 0. The maximum atomic E-state index is 11.5. The van der Waals surface area contributed by atoms with Gasteiger partial charge in [-0.25, -0.2) is 0 Å². The quantitative estimate of drug-likeness (QED) is 0.724. The molecule has 1 saturated heterocycles. The maximum absolute atomic E-state index is 11.5. The van der Waals surface area contributed by atoms with Crippen molar-refractivity contribution in [3.8, 4) is 0 Å². The summed E-state index contributed by atoms with van der Waals surface area (Å²) in [4.78, 5) is 11.5. The minimum atomic E-state index is -0.564. The zero-order chi connectivity index (χ0) is 11.4. The molecule has 4 atom stereocenters. The lowest BCUT2D eigenvalue weighted by Gasteiger charge is -2.89. The SMILES string of the molecule is O=C(O)C12C3[C@@H]4[C@H]1C1[C@@H]2[C@@H]3C4(Br)C12OCCO2. The Morgan fingerprint density at radius 2 is 1.59 bits per heavy atom. The van der Waals surface area contributed by atoms with E-state index in [9.17, 15) is 9.90 Å². The van der Waals surface area contributed by atoms with Crippen molar-refractivity contribution in [1.29, 1.82) is 0 Å². The third kappa shape index (κ3) is 0.434. The fourth-order valence-electron chi connectivity index (χ4n) is 7.05. The van der Waals surface area contributed by atoms with Gasteiger partial charge in [0.2, 0.25) is 0 Å². The van der Waals surface area contributed by atoms with Crippen LogP contribution >= 0.6 is 15.9 Å². The zero-order valence-electron chi connectivity index (χ0n) is 8.93. The highest BCUT2D eigenvalue weighted by Gasteiger charge is 3.10. The Morgan fingerprint density at radius 1 is 1.06 bits per heavy atom. The summed E-state index contributed by atoms with van der Waals surface area (Å²) in [6.07, 6.45) is 0. The van der Waals surface area contributed by atoms with E-state index in [0.717, 1.165) is 0 Å². The molecule has 0 aromatic heterocycles. The second-order valence-electron chi connectivity index (χ2n) is 6.53. The summed E-state index contributed by atoms with van der Waals surface area (Å²) in [5, 5.41) is 9.51. The van der Waals surface area contributed by atoms with Crippen molar-refractivity contribution in [1.82, 2.24) is 0 Å². The largest absolute Gasteiger partial charge is 0.481 e. The average molecular weight is 299 g/mol. The van der Waals surface area contributed by atoms with Crippen molar-refractivity contribution in [2.45, 2.75) is 10.1 Å². The normalized spacial score (nSPS) is 73.5. The number of hydrogen-bond acceptors (Lipinski definition) is 3. The van der Waals surface area contributed by atoms with E-state index >= 15 is 0 Å².